The third-order valence-electron chi connectivity index (χ3n) is 6.19. The highest BCUT2D eigenvalue weighted by Crippen LogP contribution is 2.32. The first-order chi connectivity index (χ1) is 15.1. The van der Waals surface area contributed by atoms with Crippen LogP contribution in [-0.2, 0) is 24.7 Å². The lowest BCUT2D eigenvalue weighted by molar-refractivity contribution is -0.138. The van der Waals surface area contributed by atoms with Crippen molar-refractivity contribution in [2.45, 2.75) is 43.5 Å². The minimum Gasteiger partial charge on any atom is -0.493 e. The number of sulfone groups is 1. The van der Waals surface area contributed by atoms with Gasteiger partial charge in [-0.3, -0.25) is 4.79 Å². The van der Waals surface area contributed by atoms with Crippen molar-refractivity contribution in [3.8, 4) is 11.5 Å². The van der Waals surface area contributed by atoms with E-state index in [9.17, 15) is 21.6 Å². The smallest absolute Gasteiger partial charge is 0.243 e. The molecule has 2 aliphatic heterocycles. The molecule has 2 aliphatic rings. The van der Waals surface area contributed by atoms with Crippen molar-refractivity contribution in [3.05, 3.63) is 18.2 Å². The Morgan fingerprint density at radius 1 is 1.12 bits per heavy atom. The van der Waals surface area contributed by atoms with E-state index in [4.69, 9.17) is 9.47 Å². The molecule has 3 rings (SSSR count). The Kier molecular flexibility index (Phi) is 7.72. The van der Waals surface area contributed by atoms with Gasteiger partial charge >= 0.3 is 0 Å². The van der Waals surface area contributed by atoms with Gasteiger partial charge in [-0.2, -0.15) is 4.31 Å². The number of rotatable bonds is 8. The molecule has 11 heteroatoms. The van der Waals surface area contributed by atoms with Gasteiger partial charge in [-0.15, -0.1) is 0 Å². The van der Waals surface area contributed by atoms with Crippen LogP contribution < -0.4 is 9.47 Å². The molecule has 2 fully saturated rings. The average Bonchev–Trinajstić information content (AvgIpc) is 3.15. The maximum atomic E-state index is 13.2. The zero-order valence-electron chi connectivity index (χ0n) is 18.8. The molecular weight excluding hydrogens is 456 g/mol. The molecule has 1 aromatic carbocycles. The normalized spacial score (nSPS) is 21.9. The van der Waals surface area contributed by atoms with Crippen LogP contribution in [0.3, 0.4) is 0 Å². The van der Waals surface area contributed by atoms with Crippen molar-refractivity contribution in [2.24, 2.45) is 5.92 Å². The molecule has 1 amide bonds. The third kappa shape index (κ3) is 5.20. The topological polar surface area (TPSA) is 110 Å². The van der Waals surface area contributed by atoms with Crippen LogP contribution in [0.4, 0.5) is 0 Å². The lowest BCUT2D eigenvalue weighted by Gasteiger charge is -2.35. The van der Waals surface area contributed by atoms with Crippen LogP contribution in [0.5, 0.6) is 11.5 Å². The molecule has 32 heavy (non-hydrogen) atoms. The molecule has 0 saturated carbocycles. The second kappa shape index (κ2) is 9.96. The van der Waals surface area contributed by atoms with E-state index < -0.39 is 19.9 Å². The number of nitrogens with zero attached hydrogens (tertiary/aromatic N) is 2. The Morgan fingerprint density at radius 2 is 1.78 bits per heavy atom. The van der Waals surface area contributed by atoms with Gasteiger partial charge in [-0.25, -0.2) is 16.8 Å². The molecule has 0 radical (unpaired) electrons. The summed E-state index contributed by atoms with van der Waals surface area (Å²) in [5, 5.41) is 0. The van der Waals surface area contributed by atoms with Gasteiger partial charge < -0.3 is 14.4 Å². The monoisotopic (exact) mass is 488 g/mol. The first-order valence-electron chi connectivity index (χ1n) is 10.9. The summed E-state index contributed by atoms with van der Waals surface area (Å²) < 4.78 is 61.8. The molecule has 180 valence electrons. The van der Waals surface area contributed by atoms with Gasteiger partial charge in [0.2, 0.25) is 15.9 Å². The van der Waals surface area contributed by atoms with Crippen molar-refractivity contribution in [2.75, 3.05) is 45.4 Å². The van der Waals surface area contributed by atoms with Gasteiger partial charge in [-0.1, -0.05) is 6.92 Å². The molecule has 0 unspecified atom stereocenters. The number of sulfonamides is 1. The van der Waals surface area contributed by atoms with Crippen LogP contribution in [0.2, 0.25) is 0 Å². The van der Waals surface area contributed by atoms with Gasteiger partial charge in [-0.05, 0) is 37.8 Å². The van der Waals surface area contributed by atoms with E-state index in [2.05, 4.69) is 0 Å². The van der Waals surface area contributed by atoms with Gasteiger partial charge in [0.25, 0.3) is 0 Å². The molecule has 0 aliphatic carbocycles. The highest BCUT2D eigenvalue weighted by molar-refractivity contribution is 7.91. The minimum atomic E-state index is -3.74. The Labute approximate surface area is 190 Å². The summed E-state index contributed by atoms with van der Waals surface area (Å²) in [7, 11) is -3.90. The minimum absolute atomic E-state index is 0.0191. The maximum Gasteiger partial charge on any atom is 0.243 e. The fourth-order valence-corrected chi connectivity index (χ4v) is 7.65. The summed E-state index contributed by atoms with van der Waals surface area (Å²) in [5.74, 6) is 0.554. The number of methoxy groups -OCH3 is 2. The lowest BCUT2D eigenvalue weighted by Crippen LogP contribution is -2.48. The fraction of sp³-hybridized carbons (Fsp3) is 0.667. The van der Waals surface area contributed by atoms with Crippen LogP contribution in [0, 0.1) is 5.92 Å². The highest BCUT2D eigenvalue weighted by Gasteiger charge is 2.39. The van der Waals surface area contributed by atoms with Crippen LogP contribution in [0.25, 0.3) is 0 Å². The predicted molar refractivity (Wildman–Crippen MR) is 120 cm³/mol. The predicted octanol–water partition coefficient (Wildman–Crippen LogP) is 1.53. The number of carbonyl (C=O) groups excluding carboxylic acids is 1. The van der Waals surface area contributed by atoms with E-state index in [0.29, 0.717) is 37.3 Å². The molecule has 1 atom stereocenters. The Bertz CT molecular complexity index is 1030. The zero-order valence-corrected chi connectivity index (χ0v) is 20.5. The van der Waals surface area contributed by atoms with Crippen LogP contribution in [0.1, 0.15) is 32.6 Å². The molecular formula is C21H32N2O7S2. The summed E-state index contributed by atoms with van der Waals surface area (Å²) in [6, 6.07) is 4.20. The summed E-state index contributed by atoms with van der Waals surface area (Å²) >= 11 is 0. The maximum absolute atomic E-state index is 13.2. The number of piperidine rings is 1. The Morgan fingerprint density at radius 3 is 2.31 bits per heavy atom. The Hall–Kier alpha value is -1.85. The molecule has 0 bridgehead atoms. The van der Waals surface area contributed by atoms with Crippen LogP contribution in [-0.4, -0.2) is 83.3 Å². The first-order valence-corrected chi connectivity index (χ1v) is 14.1. The van der Waals surface area contributed by atoms with Gasteiger partial charge in [0.15, 0.2) is 21.3 Å². The van der Waals surface area contributed by atoms with Gasteiger partial charge in [0.1, 0.15) is 0 Å². The van der Waals surface area contributed by atoms with Crippen LogP contribution in [0.15, 0.2) is 23.1 Å². The van der Waals surface area contributed by atoms with E-state index >= 15 is 0 Å². The standard InChI is InChI=1S/C21H32N2O7S2/c1-4-10-23(17-9-13-31(25,26)15-17)21(24)16-7-11-22(12-8-16)32(27,28)18-5-6-19(29-2)20(14-18)30-3/h5-6,14,16-17H,4,7-13,15H2,1-3H3/t17-/m0/s1. The number of ether oxygens (including phenoxy) is 2. The SMILES string of the molecule is CCCN(C(=O)C1CCN(S(=O)(=O)c2ccc(OC)c(OC)c2)CC1)[C@H]1CCS(=O)(=O)C1. The summed E-state index contributed by atoms with van der Waals surface area (Å²) in [4.78, 5) is 15.0. The third-order valence-corrected chi connectivity index (χ3v) is 9.84. The van der Waals surface area contributed by atoms with E-state index in [1.54, 1.807) is 11.0 Å². The molecule has 9 nitrogen and oxygen atoms in total. The molecule has 0 aromatic heterocycles. The molecule has 0 spiro atoms. The van der Waals surface area contributed by atoms with Crippen molar-refractivity contribution in [3.63, 3.8) is 0 Å². The zero-order chi connectivity index (χ0) is 23.5. The van der Waals surface area contributed by atoms with E-state index in [-0.39, 0.29) is 47.4 Å². The molecule has 2 heterocycles. The summed E-state index contributed by atoms with van der Waals surface area (Å²) in [6.45, 7) is 2.94. The molecule has 1 aromatic rings. The quantitative estimate of drug-likeness (QED) is 0.546. The van der Waals surface area contributed by atoms with E-state index in [1.807, 2.05) is 6.92 Å². The summed E-state index contributed by atoms with van der Waals surface area (Å²) in [6.07, 6.45) is 2.03. The van der Waals surface area contributed by atoms with Crippen molar-refractivity contribution in [1.82, 2.24) is 9.21 Å². The Balaban J connectivity index is 1.69. The summed E-state index contributed by atoms with van der Waals surface area (Å²) in [5.41, 5.74) is 0. The van der Waals surface area contributed by atoms with E-state index in [0.717, 1.165) is 6.42 Å². The number of hydrogen-bond acceptors (Lipinski definition) is 7. The van der Waals surface area contributed by atoms with Crippen molar-refractivity contribution < 1.29 is 31.1 Å². The van der Waals surface area contributed by atoms with Crippen molar-refractivity contribution >= 4 is 25.8 Å². The largest absolute Gasteiger partial charge is 0.493 e. The average molecular weight is 489 g/mol. The van der Waals surface area contributed by atoms with Crippen molar-refractivity contribution in [1.29, 1.82) is 0 Å². The molecule has 2 saturated heterocycles. The number of benzene rings is 1. The first kappa shape index (κ1) is 24.8. The lowest BCUT2D eigenvalue weighted by atomic mass is 9.95. The van der Waals surface area contributed by atoms with Crippen LogP contribution >= 0.6 is 0 Å². The van der Waals surface area contributed by atoms with Gasteiger partial charge in [0, 0.05) is 37.7 Å². The second-order valence-corrected chi connectivity index (χ2v) is 12.5. The fourth-order valence-electron chi connectivity index (χ4n) is 4.44. The number of amides is 1. The molecule has 0 N–H and O–H groups in total. The number of carbonyl (C=O) groups is 1. The van der Waals surface area contributed by atoms with Gasteiger partial charge in [0.05, 0.1) is 30.6 Å². The highest BCUT2D eigenvalue weighted by atomic mass is 32.2. The number of hydrogen-bond donors (Lipinski definition) is 0. The second-order valence-electron chi connectivity index (χ2n) is 8.28. The van der Waals surface area contributed by atoms with E-state index in [1.165, 1.54) is 30.7 Å².